The second-order valence-corrected chi connectivity index (χ2v) is 13.4. The van der Waals surface area contributed by atoms with E-state index < -0.39 is 10.1 Å². The van der Waals surface area contributed by atoms with Crippen LogP contribution in [0.1, 0.15) is 46.6 Å². The minimum Gasteiger partial charge on any atom is -0.378 e. The zero-order valence-electron chi connectivity index (χ0n) is 23.2. The Morgan fingerprint density at radius 2 is 1.69 bits per heavy atom. The van der Waals surface area contributed by atoms with Crippen LogP contribution in [0.25, 0.3) is 27.8 Å². The summed E-state index contributed by atoms with van der Waals surface area (Å²) in [4.78, 5) is 9.28. The van der Waals surface area contributed by atoms with E-state index in [2.05, 4.69) is 44.9 Å². The molecule has 5 rings (SSSR count). The maximum absolute atomic E-state index is 13.6. The zero-order valence-corrected chi connectivity index (χ0v) is 24.0. The van der Waals surface area contributed by atoms with Gasteiger partial charge in [-0.1, -0.05) is 51.1 Å². The number of aryl methyl sites for hydroxylation is 1. The van der Waals surface area contributed by atoms with Gasteiger partial charge in [-0.3, -0.25) is 9.38 Å². The second-order valence-electron chi connectivity index (χ2n) is 11.9. The molecule has 8 heteroatoms. The highest BCUT2D eigenvalue weighted by Gasteiger charge is 2.29. The monoisotopic (exact) mass is 542 g/mol. The van der Waals surface area contributed by atoms with E-state index in [9.17, 15) is 8.42 Å². The van der Waals surface area contributed by atoms with Gasteiger partial charge in [0.2, 0.25) is 0 Å². The van der Waals surface area contributed by atoms with Crippen molar-refractivity contribution >= 4 is 32.5 Å². The van der Waals surface area contributed by atoms with E-state index >= 15 is 0 Å². The highest BCUT2D eigenvalue weighted by atomic mass is 32.2. The van der Waals surface area contributed by atoms with E-state index in [1.807, 2.05) is 53.9 Å². The molecule has 2 aromatic carbocycles. The summed E-state index contributed by atoms with van der Waals surface area (Å²) in [5.41, 5.74) is 3.21. The molecule has 0 aliphatic heterocycles. The number of aromatic nitrogens is 3. The first kappa shape index (κ1) is 26.7. The third-order valence-electron chi connectivity index (χ3n) is 6.42. The largest absolute Gasteiger partial charge is 0.378 e. The molecule has 3 heterocycles. The first-order valence-corrected chi connectivity index (χ1v) is 14.4. The van der Waals surface area contributed by atoms with E-state index in [-0.39, 0.29) is 21.6 Å². The Kier molecular flexibility index (Phi) is 6.63. The molecule has 0 amide bonds. The number of hydrogen-bond donors (Lipinski definition) is 1. The Morgan fingerprint density at radius 3 is 2.46 bits per heavy atom. The summed E-state index contributed by atoms with van der Waals surface area (Å²) in [5.74, 6) is 0.974. The molecule has 0 aliphatic rings. The molecular formula is C31H34N4O3S. The highest BCUT2D eigenvalue weighted by Crippen LogP contribution is 2.39. The number of para-hydroxylation sites is 2. The average Bonchev–Trinajstić information content (AvgIpc) is 3.18. The molecule has 3 aromatic heterocycles. The fourth-order valence-electron chi connectivity index (χ4n) is 5.32. The van der Waals surface area contributed by atoms with Crippen LogP contribution in [0.3, 0.4) is 0 Å². The predicted molar refractivity (Wildman–Crippen MR) is 157 cm³/mol. The van der Waals surface area contributed by atoms with Crippen LogP contribution in [-0.4, -0.2) is 28.3 Å². The molecule has 0 unspecified atom stereocenters. The number of hydrogen-bond acceptors (Lipinski definition) is 6. The Bertz CT molecular complexity index is 1780. The fraction of sp³-hybridized carbons (Fsp3) is 0.290. The lowest BCUT2D eigenvalue weighted by Gasteiger charge is -2.34. The maximum atomic E-state index is 13.6. The third kappa shape index (κ3) is 5.61. The van der Waals surface area contributed by atoms with Crippen LogP contribution in [-0.2, 0) is 10.1 Å². The molecule has 0 radical (unpaired) electrons. The van der Waals surface area contributed by atoms with Gasteiger partial charge in [-0.2, -0.15) is 8.42 Å². The van der Waals surface area contributed by atoms with Gasteiger partial charge in [0.25, 0.3) is 0 Å². The summed E-state index contributed by atoms with van der Waals surface area (Å²) in [6.45, 7) is 13.0. The minimum atomic E-state index is -4.20. The van der Waals surface area contributed by atoms with Crippen LogP contribution < -0.4 is 9.50 Å². The molecule has 1 N–H and O–H groups in total. The average molecular weight is 543 g/mol. The van der Waals surface area contributed by atoms with E-state index in [0.29, 0.717) is 16.8 Å². The van der Waals surface area contributed by atoms with Crippen molar-refractivity contribution in [2.45, 2.75) is 58.4 Å². The quantitative estimate of drug-likeness (QED) is 0.218. The van der Waals surface area contributed by atoms with Gasteiger partial charge in [0.1, 0.15) is 22.1 Å². The van der Waals surface area contributed by atoms with E-state index in [0.717, 1.165) is 28.8 Å². The number of anilines is 1. The maximum Gasteiger partial charge on any atom is 0.341 e. The molecule has 0 atom stereocenters. The Morgan fingerprint density at radius 1 is 0.949 bits per heavy atom. The van der Waals surface area contributed by atoms with Crippen LogP contribution in [0.2, 0.25) is 0 Å². The number of nitrogens with zero attached hydrogens (tertiary/aromatic N) is 3. The summed E-state index contributed by atoms with van der Waals surface area (Å²) in [6.07, 6.45) is 4.46. The van der Waals surface area contributed by atoms with Crippen molar-refractivity contribution in [3.63, 3.8) is 0 Å². The Balaban J connectivity index is 1.63. The second kappa shape index (κ2) is 9.68. The predicted octanol–water partition coefficient (Wildman–Crippen LogP) is 7.25. The van der Waals surface area contributed by atoms with Gasteiger partial charge in [-0.15, -0.1) is 0 Å². The van der Waals surface area contributed by atoms with Crippen molar-refractivity contribution in [2.75, 3.05) is 5.32 Å². The topological polar surface area (TPSA) is 85.6 Å². The number of imidazole rings is 1. The lowest BCUT2D eigenvalue weighted by molar-refractivity contribution is 0.302. The van der Waals surface area contributed by atoms with Crippen LogP contribution in [0.5, 0.6) is 5.75 Å². The normalized spacial score (nSPS) is 12.7. The molecule has 0 aliphatic carbocycles. The lowest BCUT2D eigenvalue weighted by Crippen LogP contribution is -2.36. The first-order chi connectivity index (χ1) is 18.3. The molecule has 39 heavy (non-hydrogen) atoms. The number of rotatable bonds is 7. The number of benzene rings is 2. The van der Waals surface area contributed by atoms with Crippen molar-refractivity contribution < 1.29 is 12.6 Å². The van der Waals surface area contributed by atoms with Crippen molar-refractivity contribution in [3.8, 4) is 17.0 Å². The minimum absolute atomic E-state index is 0.0192. The van der Waals surface area contributed by atoms with Crippen molar-refractivity contribution in [1.82, 2.24) is 14.4 Å². The molecule has 0 saturated heterocycles. The van der Waals surface area contributed by atoms with E-state index in [4.69, 9.17) is 9.17 Å². The number of pyridine rings is 2. The molecule has 0 bridgehead atoms. The number of nitrogens with one attached hydrogen (secondary N) is 1. The van der Waals surface area contributed by atoms with Gasteiger partial charge in [0.15, 0.2) is 5.75 Å². The summed E-state index contributed by atoms with van der Waals surface area (Å²) in [5, 5.41) is 4.44. The summed E-state index contributed by atoms with van der Waals surface area (Å²) >= 11 is 0. The fourth-order valence-corrected chi connectivity index (χ4v) is 6.44. The molecule has 5 aromatic rings. The summed E-state index contributed by atoms with van der Waals surface area (Å²) in [7, 11) is -4.20. The summed E-state index contributed by atoms with van der Waals surface area (Å²) < 4.78 is 35.0. The van der Waals surface area contributed by atoms with E-state index in [1.54, 1.807) is 30.5 Å². The van der Waals surface area contributed by atoms with Gasteiger partial charge >= 0.3 is 10.1 Å². The van der Waals surface area contributed by atoms with Gasteiger partial charge in [-0.25, -0.2) is 4.98 Å². The lowest BCUT2D eigenvalue weighted by atomic mass is 9.82. The molecule has 0 spiro atoms. The highest BCUT2D eigenvalue weighted by molar-refractivity contribution is 7.87. The standard InChI is InChI=1S/C31H34N4O3S/c1-21-16-18-35-26(19-21)33-28(29(35)34-31(5,6)20-30(2,3)4)23-13-7-8-14-24(23)38-39(36,37)25-15-9-11-22-12-10-17-32-27(22)25/h7-19,34H,20H2,1-6H3. The van der Waals surface area contributed by atoms with Crippen molar-refractivity contribution in [2.24, 2.45) is 5.41 Å². The molecular weight excluding hydrogens is 508 g/mol. The third-order valence-corrected chi connectivity index (χ3v) is 7.68. The molecule has 0 saturated carbocycles. The van der Waals surface area contributed by atoms with E-state index in [1.165, 1.54) is 6.07 Å². The molecule has 202 valence electrons. The van der Waals surface area contributed by atoms with Crippen molar-refractivity contribution in [1.29, 1.82) is 0 Å². The van der Waals surface area contributed by atoms with Crippen LogP contribution in [0.4, 0.5) is 5.82 Å². The first-order valence-electron chi connectivity index (χ1n) is 13.0. The van der Waals surface area contributed by atoms with Crippen LogP contribution in [0, 0.1) is 12.3 Å². The molecule has 0 fully saturated rings. The zero-order chi connectivity index (χ0) is 28.0. The molecule has 7 nitrogen and oxygen atoms in total. The number of fused-ring (bicyclic) bond motifs is 2. The smallest absolute Gasteiger partial charge is 0.341 e. The SMILES string of the molecule is Cc1ccn2c(NC(C)(C)CC(C)(C)C)c(-c3ccccc3OS(=O)(=O)c3cccc4cccnc34)nc2c1. The summed E-state index contributed by atoms with van der Waals surface area (Å²) in [6, 6.07) is 19.8. The Hall–Kier alpha value is -3.91. The van der Waals surface area contributed by atoms with Crippen LogP contribution >= 0.6 is 0 Å². The van der Waals surface area contributed by atoms with Gasteiger partial charge in [0.05, 0.1) is 5.52 Å². The van der Waals surface area contributed by atoms with Gasteiger partial charge < -0.3 is 9.50 Å². The van der Waals surface area contributed by atoms with Gasteiger partial charge in [-0.05, 0) is 74.6 Å². The van der Waals surface area contributed by atoms with Crippen LogP contribution in [0.15, 0.2) is 84.0 Å². The van der Waals surface area contributed by atoms with Crippen molar-refractivity contribution in [3.05, 3.63) is 84.7 Å². The Labute approximate surface area is 230 Å². The van der Waals surface area contributed by atoms with Gasteiger partial charge in [0, 0.05) is 28.9 Å².